The van der Waals surface area contributed by atoms with Crippen molar-refractivity contribution in [2.75, 3.05) is 23.3 Å². The number of rotatable bonds is 7. The second kappa shape index (κ2) is 7.99. The van der Waals surface area contributed by atoms with Crippen LogP contribution in [-0.2, 0) is 0 Å². The Bertz CT molecular complexity index is 609. The van der Waals surface area contributed by atoms with E-state index in [0.717, 1.165) is 49.1 Å². The van der Waals surface area contributed by atoms with Crippen LogP contribution in [0.2, 0.25) is 5.02 Å². The minimum absolute atomic E-state index is 0.680. The summed E-state index contributed by atoms with van der Waals surface area (Å²) in [5, 5.41) is 3.96. The SMILES string of the molecule is CCCN(CCC)c1nc(C)cc(Nc2ccccc2Cl)n1. The van der Waals surface area contributed by atoms with Crippen molar-refractivity contribution in [3.05, 3.63) is 41.0 Å². The molecular formula is C17H23ClN4. The third kappa shape index (κ3) is 4.34. The Morgan fingerprint density at radius 1 is 1.09 bits per heavy atom. The molecule has 1 heterocycles. The van der Waals surface area contributed by atoms with Gasteiger partial charge in [0.25, 0.3) is 0 Å². The highest BCUT2D eigenvalue weighted by molar-refractivity contribution is 6.33. The van der Waals surface area contributed by atoms with Crippen LogP contribution in [0.5, 0.6) is 0 Å². The molecule has 0 aliphatic heterocycles. The van der Waals surface area contributed by atoms with Crippen molar-refractivity contribution in [1.82, 2.24) is 9.97 Å². The maximum absolute atomic E-state index is 6.20. The van der Waals surface area contributed by atoms with Gasteiger partial charge in [-0.15, -0.1) is 0 Å². The molecule has 0 fully saturated rings. The van der Waals surface area contributed by atoms with Gasteiger partial charge in [-0.25, -0.2) is 4.98 Å². The third-order valence-electron chi connectivity index (χ3n) is 3.25. The van der Waals surface area contributed by atoms with Gasteiger partial charge in [-0.2, -0.15) is 4.98 Å². The first-order valence-corrected chi connectivity index (χ1v) is 8.14. The van der Waals surface area contributed by atoms with Crippen molar-refractivity contribution < 1.29 is 0 Å². The number of hydrogen-bond acceptors (Lipinski definition) is 4. The van der Waals surface area contributed by atoms with E-state index in [9.17, 15) is 0 Å². The molecule has 0 saturated carbocycles. The number of benzene rings is 1. The van der Waals surface area contributed by atoms with Crippen LogP contribution in [-0.4, -0.2) is 23.1 Å². The second-order valence-electron chi connectivity index (χ2n) is 5.29. The predicted molar refractivity (Wildman–Crippen MR) is 94.3 cm³/mol. The second-order valence-corrected chi connectivity index (χ2v) is 5.69. The van der Waals surface area contributed by atoms with Gasteiger partial charge in [0, 0.05) is 24.8 Å². The van der Waals surface area contributed by atoms with Gasteiger partial charge in [0.15, 0.2) is 0 Å². The number of halogens is 1. The summed E-state index contributed by atoms with van der Waals surface area (Å²) >= 11 is 6.20. The van der Waals surface area contributed by atoms with Gasteiger partial charge in [-0.1, -0.05) is 37.6 Å². The van der Waals surface area contributed by atoms with Gasteiger partial charge in [0.05, 0.1) is 10.7 Å². The van der Waals surface area contributed by atoms with Crippen molar-refractivity contribution in [1.29, 1.82) is 0 Å². The lowest BCUT2D eigenvalue weighted by molar-refractivity contribution is 0.720. The summed E-state index contributed by atoms with van der Waals surface area (Å²) in [4.78, 5) is 11.5. The molecule has 0 bridgehead atoms. The monoisotopic (exact) mass is 318 g/mol. The number of aromatic nitrogens is 2. The molecule has 1 aromatic carbocycles. The molecule has 0 aliphatic carbocycles. The average molecular weight is 319 g/mol. The van der Waals surface area contributed by atoms with Crippen LogP contribution in [0, 0.1) is 6.92 Å². The van der Waals surface area contributed by atoms with Gasteiger partial charge < -0.3 is 10.2 Å². The highest BCUT2D eigenvalue weighted by Crippen LogP contribution is 2.25. The smallest absolute Gasteiger partial charge is 0.227 e. The Morgan fingerprint density at radius 2 is 1.77 bits per heavy atom. The Morgan fingerprint density at radius 3 is 2.41 bits per heavy atom. The third-order valence-corrected chi connectivity index (χ3v) is 3.58. The number of anilines is 3. The molecule has 0 aliphatic rings. The molecule has 22 heavy (non-hydrogen) atoms. The van der Waals surface area contributed by atoms with Crippen molar-refractivity contribution in [3.63, 3.8) is 0 Å². The number of hydrogen-bond donors (Lipinski definition) is 1. The summed E-state index contributed by atoms with van der Waals surface area (Å²) in [6.07, 6.45) is 2.15. The highest BCUT2D eigenvalue weighted by atomic mass is 35.5. The summed E-state index contributed by atoms with van der Waals surface area (Å²) in [5.41, 5.74) is 1.79. The molecule has 1 N–H and O–H groups in total. The van der Waals surface area contributed by atoms with E-state index in [2.05, 4.69) is 34.0 Å². The van der Waals surface area contributed by atoms with Crippen LogP contribution in [0.15, 0.2) is 30.3 Å². The van der Waals surface area contributed by atoms with Crippen LogP contribution < -0.4 is 10.2 Å². The molecule has 4 nitrogen and oxygen atoms in total. The van der Waals surface area contributed by atoms with E-state index in [1.54, 1.807) is 0 Å². The van der Waals surface area contributed by atoms with E-state index in [1.165, 1.54) is 0 Å². The van der Waals surface area contributed by atoms with E-state index in [0.29, 0.717) is 5.02 Å². The summed E-state index contributed by atoms with van der Waals surface area (Å²) in [6.45, 7) is 8.24. The Balaban J connectivity index is 2.27. The van der Waals surface area contributed by atoms with Crippen LogP contribution in [0.4, 0.5) is 17.5 Å². The normalized spacial score (nSPS) is 10.5. The molecule has 5 heteroatoms. The molecule has 2 rings (SSSR count). The van der Waals surface area contributed by atoms with E-state index in [4.69, 9.17) is 11.6 Å². The summed E-state index contributed by atoms with van der Waals surface area (Å²) in [5.74, 6) is 1.55. The largest absolute Gasteiger partial charge is 0.341 e. The van der Waals surface area contributed by atoms with Gasteiger partial charge in [0.2, 0.25) is 5.95 Å². The summed E-state index contributed by atoms with van der Waals surface area (Å²) < 4.78 is 0. The fraction of sp³-hybridized carbons (Fsp3) is 0.412. The molecule has 1 aromatic heterocycles. The van der Waals surface area contributed by atoms with Gasteiger partial charge in [0.1, 0.15) is 5.82 Å². The summed E-state index contributed by atoms with van der Waals surface area (Å²) in [7, 11) is 0. The van der Waals surface area contributed by atoms with Crippen LogP contribution in [0.25, 0.3) is 0 Å². The Labute approximate surface area is 137 Å². The highest BCUT2D eigenvalue weighted by Gasteiger charge is 2.10. The van der Waals surface area contributed by atoms with Gasteiger partial charge >= 0.3 is 0 Å². The van der Waals surface area contributed by atoms with Crippen molar-refractivity contribution in [2.24, 2.45) is 0 Å². The summed E-state index contributed by atoms with van der Waals surface area (Å²) in [6, 6.07) is 9.59. The van der Waals surface area contributed by atoms with E-state index in [1.807, 2.05) is 37.3 Å². The van der Waals surface area contributed by atoms with Crippen LogP contribution in [0.3, 0.4) is 0 Å². The number of nitrogens with one attached hydrogen (secondary N) is 1. The number of aryl methyl sites for hydroxylation is 1. The first-order chi connectivity index (χ1) is 10.6. The molecule has 0 amide bonds. The molecule has 0 saturated heterocycles. The van der Waals surface area contributed by atoms with Crippen LogP contribution in [0.1, 0.15) is 32.4 Å². The fourth-order valence-electron chi connectivity index (χ4n) is 2.31. The quantitative estimate of drug-likeness (QED) is 0.795. The first kappa shape index (κ1) is 16.6. The maximum atomic E-state index is 6.20. The number of nitrogens with zero attached hydrogens (tertiary/aromatic N) is 3. The molecule has 0 atom stereocenters. The molecule has 118 valence electrons. The molecule has 2 aromatic rings. The zero-order valence-electron chi connectivity index (χ0n) is 13.4. The first-order valence-electron chi connectivity index (χ1n) is 7.76. The predicted octanol–water partition coefficient (Wildman–Crippen LogP) is 4.81. The zero-order valence-corrected chi connectivity index (χ0v) is 14.2. The standard InChI is InChI=1S/C17H23ClN4/c1-4-10-22(11-5-2)17-19-13(3)12-16(21-17)20-15-9-7-6-8-14(15)18/h6-9,12H,4-5,10-11H2,1-3H3,(H,19,20,21). The lowest BCUT2D eigenvalue weighted by atomic mass is 10.3. The van der Waals surface area contributed by atoms with E-state index < -0.39 is 0 Å². The van der Waals surface area contributed by atoms with Gasteiger partial charge in [-0.05, 0) is 31.9 Å². The lowest BCUT2D eigenvalue weighted by Crippen LogP contribution is -2.27. The fourth-order valence-corrected chi connectivity index (χ4v) is 2.49. The van der Waals surface area contributed by atoms with Crippen molar-refractivity contribution in [2.45, 2.75) is 33.6 Å². The van der Waals surface area contributed by atoms with Gasteiger partial charge in [-0.3, -0.25) is 0 Å². The Kier molecular flexibility index (Phi) is 6.01. The van der Waals surface area contributed by atoms with E-state index in [-0.39, 0.29) is 0 Å². The topological polar surface area (TPSA) is 41.1 Å². The molecular weight excluding hydrogens is 296 g/mol. The molecule has 0 spiro atoms. The van der Waals surface area contributed by atoms with Crippen molar-refractivity contribution >= 4 is 29.1 Å². The van der Waals surface area contributed by atoms with E-state index >= 15 is 0 Å². The Hall–Kier alpha value is -1.81. The zero-order chi connectivity index (χ0) is 15.9. The minimum atomic E-state index is 0.680. The molecule has 0 radical (unpaired) electrons. The lowest BCUT2D eigenvalue weighted by Gasteiger charge is -2.22. The minimum Gasteiger partial charge on any atom is -0.341 e. The van der Waals surface area contributed by atoms with Crippen molar-refractivity contribution in [3.8, 4) is 0 Å². The maximum Gasteiger partial charge on any atom is 0.227 e. The van der Waals surface area contributed by atoms with Crippen LogP contribution >= 0.6 is 11.6 Å². The number of para-hydroxylation sites is 1. The average Bonchev–Trinajstić information content (AvgIpc) is 2.49. The molecule has 0 unspecified atom stereocenters.